The van der Waals surface area contributed by atoms with Crippen molar-refractivity contribution < 1.29 is 4.39 Å². The van der Waals surface area contributed by atoms with Gasteiger partial charge in [0.25, 0.3) is 0 Å². The largest absolute Gasteiger partial charge is 0.326 e. The molecule has 45 heavy (non-hydrogen) atoms. The van der Waals surface area contributed by atoms with Crippen LogP contribution in [-0.2, 0) is 5.16 Å². The summed E-state index contributed by atoms with van der Waals surface area (Å²) in [4.78, 5) is 4.31. The van der Waals surface area contributed by atoms with E-state index < -0.39 is 9.52 Å². The molecule has 7 aromatic rings. The lowest BCUT2D eigenvalue weighted by Crippen LogP contribution is -2.51. The number of halogens is 1. The van der Waals surface area contributed by atoms with Gasteiger partial charge in [0.2, 0.25) is 6.71 Å². The third kappa shape index (κ3) is 6.95. The Kier molecular flexibility index (Phi) is 9.59. The van der Waals surface area contributed by atoms with E-state index in [4.69, 9.17) is 0 Å². The van der Waals surface area contributed by atoms with Crippen molar-refractivity contribution in [3.8, 4) is 0 Å². The summed E-state index contributed by atoms with van der Waals surface area (Å²) < 4.78 is 16.1. The van der Waals surface area contributed by atoms with Gasteiger partial charge in [-0.2, -0.15) is 0 Å². The highest BCUT2D eigenvalue weighted by molar-refractivity contribution is 6.95. The van der Waals surface area contributed by atoms with Gasteiger partial charge in [-0.25, -0.2) is 9.37 Å². The first-order chi connectivity index (χ1) is 22.2. The Morgan fingerprint density at radius 3 is 1.38 bits per heavy atom. The molecule has 0 spiro atoms. The predicted octanol–water partition coefficient (Wildman–Crippen LogP) is 5.47. The van der Waals surface area contributed by atoms with Crippen LogP contribution >= 0.6 is 0 Å². The maximum absolute atomic E-state index is 13.9. The van der Waals surface area contributed by atoms with Gasteiger partial charge in [0.1, 0.15) is 5.82 Å². The van der Waals surface area contributed by atoms with Gasteiger partial charge in [0, 0.05) is 12.4 Å². The molecule has 0 radical (unpaired) electrons. The van der Waals surface area contributed by atoms with E-state index in [-0.39, 0.29) is 11.0 Å². The fraction of sp³-hybridized carbons (Fsp3) is 0.0250. The summed E-state index contributed by atoms with van der Waals surface area (Å²) in [5.41, 5.74) is 6.39. The van der Waals surface area contributed by atoms with Gasteiger partial charge in [-0.3, -0.25) is 0 Å². The molecule has 5 heteroatoms. The lowest BCUT2D eigenvalue weighted by Gasteiger charge is -2.37. The maximum Gasteiger partial charge on any atom is 0.241 e. The van der Waals surface area contributed by atoms with Gasteiger partial charge in [0.05, 0.1) is 21.0 Å². The number of hydrogen-bond donors (Lipinski definition) is 0. The zero-order valence-electron chi connectivity index (χ0n) is 25.0. The molecule has 0 aliphatic rings. The number of nitrogens with zero attached hydrogens (tertiary/aromatic N) is 2. The Morgan fingerprint density at radius 1 is 0.533 bits per heavy atom. The van der Waals surface area contributed by atoms with Gasteiger partial charge in [-0.1, -0.05) is 185 Å². The van der Waals surface area contributed by atoms with E-state index >= 15 is 0 Å². The lowest BCUT2D eigenvalue weighted by molar-refractivity contribution is 0.596. The first-order valence-electron chi connectivity index (χ1n) is 15.2. The van der Waals surface area contributed by atoms with Crippen molar-refractivity contribution in [2.45, 2.75) is 5.16 Å². The third-order valence-electron chi connectivity index (χ3n) is 8.20. The molecule has 0 N–H and O–H groups in total. The van der Waals surface area contributed by atoms with Gasteiger partial charge < -0.3 is 4.57 Å². The number of aromatic nitrogens is 2. The Labute approximate surface area is 267 Å². The fourth-order valence-electron chi connectivity index (χ4n) is 6.13. The second-order valence-electron chi connectivity index (χ2n) is 11.0. The summed E-state index contributed by atoms with van der Waals surface area (Å²) >= 11 is 0. The second kappa shape index (κ2) is 14.5. The standard InChI is InChI=1S/C22H19FN2Si.C18H15B/c23-20-12-7-13-21(16-20)26-22(25-15-14-24-17-25,18-8-3-1-4-9-18)19-10-5-2-6-11-19;1-4-10-16(11-5-1)19(17-12-6-2-7-13-17)18-14-8-3-9-15-18/h1-17H,26H2;1-15H. The summed E-state index contributed by atoms with van der Waals surface area (Å²) in [6.07, 6.45) is 5.68. The maximum atomic E-state index is 13.9. The average Bonchev–Trinajstić information content (AvgIpc) is 3.66. The van der Waals surface area contributed by atoms with E-state index in [1.54, 1.807) is 18.3 Å². The average molecular weight is 601 g/mol. The van der Waals surface area contributed by atoms with E-state index in [0.29, 0.717) is 6.71 Å². The van der Waals surface area contributed by atoms with Crippen molar-refractivity contribution in [3.05, 3.63) is 212 Å². The van der Waals surface area contributed by atoms with E-state index in [1.165, 1.54) is 33.6 Å². The molecule has 0 unspecified atom stereocenters. The van der Waals surface area contributed by atoms with E-state index in [2.05, 4.69) is 149 Å². The summed E-state index contributed by atoms with van der Waals surface area (Å²) in [6.45, 7) is 0.309. The molecule has 6 aromatic carbocycles. The summed E-state index contributed by atoms with van der Waals surface area (Å²) in [7, 11) is -1.01. The topological polar surface area (TPSA) is 17.8 Å². The van der Waals surface area contributed by atoms with Crippen LogP contribution in [0.2, 0.25) is 0 Å². The van der Waals surface area contributed by atoms with Crippen molar-refractivity contribution in [1.29, 1.82) is 0 Å². The summed E-state index contributed by atoms with van der Waals surface area (Å²) in [5, 5.41) is 0.707. The highest BCUT2D eigenvalue weighted by Gasteiger charge is 2.36. The Morgan fingerprint density at radius 2 is 0.978 bits per heavy atom. The molecular formula is C40H34BFN2Si. The van der Waals surface area contributed by atoms with Crippen molar-refractivity contribution in [1.82, 2.24) is 9.55 Å². The van der Waals surface area contributed by atoms with Crippen LogP contribution < -0.4 is 21.6 Å². The summed E-state index contributed by atoms with van der Waals surface area (Å²) in [5.74, 6) is -0.185. The van der Waals surface area contributed by atoms with Gasteiger partial charge >= 0.3 is 0 Å². The molecule has 7 rings (SSSR count). The number of imidazole rings is 1. The molecule has 0 fully saturated rings. The molecule has 0 amide bonds. The molecule has 218 valence electrons. The molecule has 0 saturated carbocycles. The molecule has 0 aliphatic carbocycles. The van der Waals surface area contributed by atoms with Gasteiger partial charge in [-0.15, -0.1) is 0 Å². The zero-order chi connectivity index (χ0) is 30.7. The Bertz CT molecular complexity index is 1740. The minimum atomic E-state index is -1.01. The van der Waals surface area contributed by atoms with Crippen LogP contribution in [0.3, 0.4) is 0 Å². The number of hydrogen-bond acceptors (Lipinski definition) is 1. The minimum absolute atomic E-state index is 0.185. The third-order valence-corrected chi connectivity index (χ3v) is 10.7. The molecule has 0 saturated heterocycles. The second-order valence-corrected chi connectivity index (χ2v) is 13.2. The molecular weight excluding hydrogens is 566 g/mol. The SMILES string of the molecule is Fc1cccc([SiH2]C(c2ccccc2)(c2ccccc2)n2ccnc2)c1.c1ccc(B(c2ccccc2)c2ccccc2)cc1. The van der Waals surface area contributed by atoms with E-state index in [1.807, 2.05) is 30.7 Å². The smallest absolute Gasteiger partial charge is 0.241 e. The zero-order valence-corrected chi connectivity index (χ0v) is 26.4. The molecule has 0 aliphatic heterocycles. The predicted molar refractivity (Wildman–Crippen MR) is 190 cm³/mol. The Hall–Kier alpha value is -5.26. The van der Waals surface area contributed by atoms with Crippen LogP contribution in [0.5, 0.6) is 0 Å². The molecule has 2 nitrogen and oxygen atoms in total. The summed E-state index contributed by atoms with van der Waals surface area (Å²) in [6, 6.07) is 59.9. The van der Waals surface area contributed by atoms with Gasteiger partial charge in [-0.05, 0) is 23.3 Å². The quantitative estimate of drug-likeness (QED) is 0.212. The first kappa shape index (κ1) is 29.8. The van der Waals surface area contributed by atoms with Crippen LogP contribution in [0.1, 0.15) is 11.1 Å². The molecule has 1 aromatic heterocycles. The number of rotatable bonds is 8. The monoisotopic (exact) mass is 600 g/mol. The van der Waals surface area contributed by atoms with Crippen LogP contribution in [0.25, 0.3) is 0 Å². The number of benzene rings is 6. The van der Waals surface area contributed by atoms with Crippen molar-refractivity contribution in [3.63, 3.8) is 0 Å². The molecule has 0 bridgehead atoms. The van der Waals surface area contributed by atoms with Crippen molar-refractivity contribution in [2.24, 2.45) is 0 Å². The molecule has 1 heterocycles. The van der Waals surface area contributed by atoms with Crippen molar-refractivity contribution in [2.75, 3.05) is 0 Å². The fourth-order valence-corrected chi connectivity index (χ4v) is 8.52. The van der Waals surface area contributed by atoms with Crippen LogP contribution in [0, 0.1) is 5.82 Å². The minimum Gasteiger partial charge on any atom is -0.326 e. The van der Waals surface area contributed by atoms with Crippen LogP contribution in [-0.4, -0.2) is 25.8 Å². The van der Waals surface area contributed by atoms with Crippen LogP contribution in [0.15, 0.2) is 195 Å². The van der Waals surface area contributed by atoms with Crippen LogP contribution in [0.4, 0.5) is 4.39 Å². The van der Waals surface area contributed by atoms with Crippen molar-refractivity contribution >= 4 is 37.8 Å². The highest BCUT2D eigenvalue weighted by Crippen LogP contribution is 2.33. The highest BCUT2D eigenvalue weighted by atomic mass is 28.2. The molecule has 0 atom stereocenters. The van der Waals surface area contributed by atoms with Gasteiger partial charge in [0.15, 0.2) is 0 Å². The first-order valence-corrected chi connectivity index (χ1v) is 16.6. The van der Waals surface area contributed by atoms with E-state index in [0.717, 1.165) is 5.19 Å². The van der Waals surface area contributed by atoms with E-state index in [9.17, 15) is 4.39 Å². The lowest BCUT2D eigenvalue weighted by atomic mass is 9.37. The Balaban J connectivity index is 0.000000167. The normalized spacial score (nSPS) is 11.1.